The summed E-state index contributed by atoms with van der Waals surface area (Å²) >= 11 is 0. The number of hydrogen-bond donors (Lipinski definition) is 1. The fourth-order valence-electron chi connectivity index (χ4n) is 0.775. The van der Waals surface area contributed by atoms with Crippen LogP contribution in [0.25, 0.3) is 4.83 Å². The van der Waals surface area contributed by atoms with E-state index in [0.29, 0.717) is 5.69 Å². The van der Waals surface area contributed by atoms with E-state index in [0.717, 1.165) is 12.1 Å². The number of rotatable bonds is 3. The summed E-state index contributed by atoms with van der Waals surface area (Å²) in [7, 11) is -4.21. The SMILES string of the molecule is Nc1ccc(S(=O)(=O)[N-][N+](=O)[O-])cc1. The number of nitro groups is 1. The average Bonchev–Trinajstić information content (AvgIpc) is 2.02. The Morgan fingerprint density at radius 3 is 2.21 bits per heavy atom. The number of sulfonamides is 1. The quantitative estimate of drug-likeness (QED) is 0.449. The van der Waals surface area contributed by atoms with Crippen molar-refractivity contribution in [1.29, 1.82) is 0 Å². The monoisotopic (exact) mass is 216 g/mol. The molecule has 2 N–H and O–H groups in total. The van der Waals surface area contributed by atoms with Gasteiger partial charge >= 0.3 is 0 Å². The molecule has 0 unspecified atom stereocenters. The van der Waals surface area contributed by atoms with E-state index >= 15 is 0 Å². The number of benzene rings is 1. The minimum Gasteiger partial charge on any atom is -0.399 e. The molecule has 0 saturated carbocycles. The Kier molecular flexibility index (Phi) is 2.56. The van der Waals surface area contributed by atoms with Crippen LogP contribution in [0.3, 0.4) is 0 Å². The van der Waals surface area contributed by atoms with E-state index in [4.69, 9.17) is 5.73 Å². The Morgan fingerprint density at radius 1 is 1.29 bits per heavy atom. The van der Waals surface area contributed by atoms with Crippen molar-refractivity contribution in [3.8, 4) is 0 Å². The van der Waals surface area contributed by atoms with Gasteiger partial charge in [0, 0.05) is 5.69 Å². The van der Waals surface area contributed by atoms with Crippen molar-refractivity contribution in [1.82, 2.24) is 0 Å². The summed E-state index contributed by atoms with van der Waals surface area (Å²) < 4.78 is 22.2. The highest BCUT2D eigenvalue weighted by molar-refractivity contribution is 7.93. The van der Waals surface area contributed by atoms with Crippen LogP contribution in [-0.2, 0) is 10.0 Å². The van der Waals surface area contributed by atoms with Crippen LogP contribution in [0.2, 0.25) is 0 Å². The second kappa shape index (κ2) is 3.50. The fourth-order valence-corrected chi connectivity index (χ4v) is 1.52. The summed E-state index contributed by atoms with van der Waals surface area (Å²) in [4.78, 5) is 12.0. The van der Waals surface area contributed by atoms with Gasteiger partial charge in [-0.1, -0.05) is 0 Å². The van der Waals surface area contributed by atoms with Gasteiger partial charge in [0.05, 0.1) is 4.90 Å². The Bertz CT molecular complexity index is 439. The van der Waals surface area contributed by atoms with Crippen molar-refractivity contribution in [2.75, 3.05) is 5.73 Å². The normalized spacial score (nSPS) is 10.9. The molecule has 0 saturated heterocycles. The second-order valence-electron chi connectivity index (χ2n) is 2.36. The third-order valence-electron chi connectivity index (χ3n) is 1.35. The summed E-state index contributed by atoms with van der Waals surface area (Å²) in [6, 6.07) is 4.94. The lowest BCUT2D eigenvalue weighted by molar-refractivity contribution is -0.412. The number of nitrogens with zero attached hydrogens (tertiary/aromatic N) is 2. The second-order valence-corrected chi connectivity index (χ2v) is 3.95. The number of nitrogens with two attached hydrogens (primary N) is 1. The van der Waals surface area contributed by atoms with E-state index in [1.807, 2.05) is 0 Å². The summed E-state index contributed by atoms with van der Waals surface area (Å²) in [6.07, 6.45) is 0. The van der Waals surface area contributed by atoms with Gasteiger partial charge in [-0.3, -0.25) is 14.9 Å². The molecule has 0 fully saturated rings. The average molecular weight is 216 g/mol. The van der Waals surface area contributed by atoms with Crippen molar-refractivity contribution in [3.63, 3.8) is 0 Å². The molecule has 8 heteroatoms. The molecule has 1 aromatic carbocycles. The number of hydrogen-bond acceptors (Lipinski definition) is 5. The van der Waals surface area contributed by atoms with Gasteiger partial charge < -0.3 is 5.73 Å². The third-order valence-corrected chi connectivity index (χ3v) is 2.57. The molecule has 0 aliphatic carbocycles. The highest BCUT2D eigenvalue weighted by Crippen LogP contribution is 2.17. The van der Waals surface area contributed by atoms with Crippen molar-refractivity contribution >= 4 is 15.7 Å². The Balaban J connectivity index is 3.05. The van der Waals surface area contributed by atoms with Crippen LogP contribution in [0.4, 0.5) is 5.69 Å². The van der Waals surface area contributed by atoms with Gasteiger partial charge in [-0.15, -0.1) is 0 Å². The first-order chi connectivity index (χ1) is 6.42. The summed E-state index contributed by atoms with van der Waals surface area (Å²) in [5.41, 5.74) is 5.68. The van der Waals surface area contributed by atoms with Gasteiger partial charge in [0.25, 0.3) is 0 Å². The van der Waals surface area contributed by atoms with Crippen LogP contribution >= 0.6 is 0 Å². The van der Waals surface area contributed by atoms with Crippen LogP contribution in [0, 0.1) is 10.1 Å². The zero-order valence-corrected chi connectivity index (χ0v) is 7.64. The molecule has 1 rings (SSSR count). The lowest BCUT2D eigenvalue weighted by Gasteiger charge is -2.10. The van der Waals surface area contributed by atoms with Crippen LogP contribution in [0.5, 0.6) is 0 Å². The first-order valence-electron chi connectivity index (χ1n) is 3.40. The highest BCUT2D eigenvalue weighted by atomic mass is 32.2. The Labute approximate surface area is 79.7 Å². The van der Waals surface area contributed by atoms with Crippen molar-refractivity contribution < 1.29 is 13.5 Å². The van der Waals surface area contributed by atoms with Gasteiger partial charge in [-0.2, -0.15) is 0 Å². The van der Waals surface area contributed by atoms with Crippen LogP contribution in [-0.4, -0.2) is 13.5 Å². The molecule has 14 heavy (non-hydrogen) atoms. The molecule has 0 heterocycles. The van der Waals surface area contributed by atoms with E-state index in [2.05, 4.69) is 4.83 Å². The predicted octanol–water partition coefficient (Wildman–Crippen LogP) is 0.523. The maximum Gasteiger partial charge on any atom is 0.172 e. The molecule has 7 nitrogen and oxygen atoms in total. The van der Waals surface area contributed by atoms with E-state index in [9.17, 15) is 18.5 Å². The minimum atomic E-state index is -4.21. The molecule has 76 valence electrons. The number of anilines is 1. The first kappa shape index (κ1) is 10.3. The summed E-state index contributed by atoms with van der Waals surface area (Å²) in [5, 5.41) is 8.63. The van der Waals surface area contributed by atoms with Gasteiger partial charge in [0.2, 0.25) is 0 Å². The van der Waals surface area contributed by atoms with Gasteiger partial charge in [-0.25, -0.2) is 8.42 Å². The third kappa shape index (κ3) is 2.33. The maximum absolute atomic E-state index is 11.1. The zero-order valence-electron chi connectivity index (χ0n) is 6.82. The van der Waals surface area contributed by atoms with E-state index < -0.39 is 15.1 Å². The molecule has 0 amide bonds. The van der Waals surface area contributed by atoms with Gasteiger partial charge in [-0.05, 0) is 29.3 Å². The molecule has 0 radical (unpaired) electrons. The topological polar surface area (TPSA) is 117 Å². The van der Waals surface area contributed by atoms with Gasteiger partial charge in [0.15, 0.2) is 10.0 Å². The van der Waals surface area contributed by atoms with Crippen molar-refractivity contribution in [2.24, 2.45) is 0 Å². The molecule has 0 aliphatic heterocycles. The Hall–Kier alpha value is -1.83. The molecular formula is C6H6N3O4S-. The fraction of sp³-hybridized carbons (Fsp3) is 0. The van der Waals surface area contributed by atoms with Crippen LogP contribution < -0.4 is 5.73 Å². The molecule has 0 aliphatic rings. The molecular weight excluding hydrogens is 210 g/mol. The standard InChI is InChI=1S/C6H6N3O4S/c7-5-1-3-6(4-2-5)14(12,13)8-9(10)11/h1-4H,7H2/q-1. The molecule has 1 aromatic rings. The zero-order chi connectivity index (χ0) is 10.8. The summed E-state index contributed by atoms with van der Waals surface area (Å²) in [6.45, 7) is 0. The smallest absolute Gasteiger partial charge is 0.172 e. The van der Waals surface area contributed by atoms with E-state index in [1.165, 1.54) is 12.1 Å². The highest BCUT2D eigenvalue weighted by Gasteiger charge is 2.08. The molecule has 0 atom stereocenters. The van der Waals surface area contributed by atoms with E-state index in [1.54, 1.807) is 0 Å². The largest absolute Gasteiger partial charge is 0.399 e. The van der Waals surface area contributed by atoms with Crippen molar-refractivity contribution in [3.05, 3.63) is 39.2 Å². The van der Waals surface area contributed by atoms with Gasteiger partial charge in [0.1, 0.15) is 0 Å². The Morgan fingerprint density at radius 2 is 1.79 bits per heavy atom. The number of nitrogen functional groups attached to an aromatic ring is 1. The molecule has 0 aromatic heterocycles. The van der Waals surface area contributed by atoms with E-state index in [-0.39, 0.29) is 4.90 Å². The minimum absolute atomic E-state index is 0.261. The van der Waals surface area contributed by atoms with Crippen molar-refractivity contribution in [2.45, 2.75) is 4.90 Å². The lowest BCUT2D eigenvalue weighted by Crippen LogP contribution is -2.04. The lowest BCUT2D eigenvalue weighted by atomic mass is 10.3. The first-order valence-corrected chi connectivity index (χ1v) is 4.84. The van der Waals surface area contributed by atoms with Crippen LogP contribution in [0.15, 0.2) is 29.2 Å². The molecule has 0 bridgehead atoms. The molecule has 0 spiro atoms. The predicted molar refractivity (Wildman–Crippen MR) is 48.4 cm³/mol. The van der Waals surface area contributed by atoms with Crippen LogP contribution in [0.1, 0.15) is 0 Å². The maximum atomic E-state index is 11.1. The summed E-state index contributed by atoms with van der Waals surface area (Å²) in [5.74, 6) is 0.